The zero-order chi connectivity index (χ0) is 23.7. The number of ether oxygens (including phenoxy) is 1. The fraction of sp³-hybridized carbons (Fsp3) is 0.440. The highest BCUT2D eigenvalue weighted by molar-refractivity contribution is 7.89. The van der Waals surface area contributed by atoms with Crippen LogP contribution in [0.4, 0.5) is 5.13 Å². The van der Waals surface area contributed by atoms with Crippen LogP contribution in [0.25, 0.3) is 10.2 Å². The van der Waals surface area contributed by atoms with Crippen LogP contribution < -0.4 is 9.64 Å². The average Bonchev–Trinajstić information content (AvgIpc) is 3.28. The molecule has 0 unspecified atom stereocenters. The number of hydrogen-bond donors (Lipinski definition) is 0. The lowest BCUT2D eigenvalue weighted by Gasteiger charge is -2.29. The molecule has 0 bridgehead atoms. The van der Waals surface area contributed by atoms with Gasteiger partial charge in [0.05, 0.1) is 20.7 Å². The van der Waals surface area contributed by atoms with Gasteiger partial charge in [-0.1, -0.05) is 18.3 Å². The lowest BCUT2D eigenvalue weighted by Crippen LogP contribution is -2.37. The zero-order valence-corrected chi connectivity index (χ0v) is 20.9. The number of carbonyl (C=O) groups excluding carboxylic acids is 1. The molecule has 7 nitrogen and oxygen atoms in total. The van der Waals surface area contributed by atoms with E-state index < -0.39 is 16.0 Å². The summed E-state index contributed by atoms with van der Waals surface area (Å²) in [5.74, 6) is 0.477. The summed E-state index contributed by atoms with van der Waals surface area (Å²) in [6, 6.07) is 11.5. The van der Waals surface area contributed by atoms with Crippen LogP contribution in [0.1, 0.15) is 49.4 Å². The highest BCUT2D eigenvalue weighted by atomic mass is 32.2. The fourth-order valence-electron chi connectivity index (χ4n) is 4.48. The number of benzene rings is 2. The zero-order valence-electron chi connectivity index (χ0n) is 19.3. The van der Waals surface area contributed by atoms with Crippen LogP contribution in [0.5, 0.6) is 5.75 Å². The van der Waals surface area contributed by atoms with Gasteiger partial charge in [0.25, 0.3) is 0 Å². The third-order valence-corrected chi connectivity index (χ3v) is 9.65. The second kappa shape index (κ2) is 9.64. The number of hydrogen-bond acceptors (Lipinski definition) is 7. The summed E-state index contributed by atoms with van der Waals surface area (Å²) in [6.07, 6.45) is 5.39. The van der Waals surface area contributed by atoms with Gasteiger partial charge in [-0.2, -0.15) is 4.31 Å². The van der Waals surface area contributed by atoms with Gasteiger partial charge in [0, 0.05) is 32.2 Å². The smallest absolute Gasteiger partial charge is 0.343 e. The minimum absolute atomic E-state index is 0.204. The highest BCUT2D eigenvalue weighted by Crippen LogP contribution is 2.33. The number of rotatable bonds is 5. The molecule has 0 amide bonds. The quantitative estimate of drug-likeness (QED) is 0.366. The predicted octanol–water partition coefficient (Wildman–Crippen LogP) is 4.93. The predicted molar refractivity (Wildman–Crippen MR) is 134 cm³/mol. The van der Waals surface area contributed by atoms with Crippen molar-refractivity contribution < 1.29 is 17.9 Å². The van der Waals surface area contributed by atoms with Gasteiger partial charge in [0.15, 0.2) is 5.13 Å². The lowest BCUT2D eigenvalue weighted by atomic mass is 10.0. The maximum atomic E-state index is 12.9. The molecule has 3 aromatic rings. The van der Waals surface area contributed by atoms with E-state index in [1.54, 1.807) is 17.4 Å². The fourth-order valence-corrected chi connectivity index (χ4v) is 7.00. The number of carbonyl (C=O) groups is 1. The third kappa shape index (κ3) is 4.82. The number of anilines is 1. The normalized spacial score (nSPS) is 18.3. The molecular formula is C25H29N3O4S2. The van der Waals surface area contributed by atoms with Gasteiger partial charge in [0.1, 0.15) is 5.75 Å². The van der Waals surface area contributed by atoms with Crippen molar-refractivity contribution in [1.82, 2.24) is 9.29 Å². The van der Waals surface area contributed by atoms with Crippen molar-refractivity contribution in [2.75, 3.05) is 31.1 Å². The van der Waals surface area contributed by atoms with Gasteiger partial charge >= 0.3 is 5.97 Å². The molecule has 2 aliphatic rings. The summed E-state index contributed by atoms with van der Waals surface area (Å²) < 4.78 is 33.9. The first kappa shape index (κ1) is 23.3. The molecule has 34 heavy (non-hydrogen) atoms. The second-order valence-corrected chi connectivity index (χ2v) is 12.1. The van der Waals surface area contributed by atoms with Crippen molar-refractivity contribution in [3.05, 3.63) is 48.0 Å². The van der Waals surface area contributed by atoms with Crippen LogP contribution in [0.3, 0.4) is 0 Å². The lowest BCUT2D eigenvalue weighted by molar-refractivity contribution is 0.0735. The Labute approximate surface area is 204 Å². The highest BCUT2D eigenvalue weighted by Gasteiger charge is 2.28. The van der Waals surface area contributed by atoms with Crippen molar-refractivity contribution in [2.24, 2.45) is 5.92 Å². The largest absolute Gasteiger partial charge is 0.423 e. The Hall–Kier alpha value is -2.49. The standard InChI is InChI=1S/C25H29N3O4S2/c1-18-11-15-28(16-12-18)34(30,31)21-8-5-19(6-9-21)24(29)32-20-7-10-22-23(17-20)33-25(26-22)27-13-3-2-4-14-27/h5-10,17-18H,2-4,11-16H2,1H3. The van der Waals surface area contributed by atoms with Crippen molar-refractivity contribution in [3.63, 3.8) is 0 Å². The van der Waals surface area contributed by atoms with Crippen LogP contribution in [0.2, 0.25) is 0 Å². The van der Waals surface area contributed by atoms with Gasteiger partial charge in [0.2, 0.25) is 10.0 Å². The van der Waals surface area contributed by atoms with E-state index in [9.17, 15) is 13.2 Å². The van der Waals surface area contributed by atoms with E-state index >= 15 is 0 Å². The number of esters is 1. The molecule has 0 N–H and O–H groups in total. The van der Waals surface area contributed by atoms with Crippen molar-refractivity contribution in [1.29, 1.82) is 0 Å². The first-order valence-electron chi connectivity index (χ1n) is 11.9. The SMILES string of the molecule is CC1CCN(S(=O)(=O)c2ccc(C(=O)Oc3ccc4nc(N5CCCCC5)sc4c3)cc2)CC1. The molecule has 1 aromatic heterocycles. The molecule has 5 rings (SSSR count). The number of aromatic nitrogens is 1. The number of nitrogens with zero attached hydrogens (tertiary/aromatic N) is 3. The molecule has 2 saturated heterocycles. The van der Waals surface area contributed by atoms with E-state index in [0.29, 0.717) is 30.3 Å². The maximum Gasteiger partial charge on any atom is 0.343 e. The molecule has 9 heteroatoms. The Morgan fingerprint density at radius 3 is 2.41 bits per heavy atom. The molecule has 2 fully saturated rings. The van der Waals surface area contributed by atoms with Crippen LogP contribution in [0, 0.1) is 5.92 Å². The van der Waals surface area contributed by atoms with Gasteiger partial charge in [-0.25, -0.2) is 18.2 Å². The Balaban J connectivity index is 1.27. The van der Waals surface area contributed by atoms with Crippen molar-refractivity contribution in [2.45, 2.75) is 43.9 Å². The summed E-state index contributed by atoms with van der Waals surface area (Å²) in [4.78, 5) is 20.0. The maximum absolute atomic E-state index is 12.9. The first-order valence-corrected chi connectivity index (χ1v) is 14.1. The minimum Gasteiger partial charge on any atom is -0.423 e. The van der Waals surface area contributed by atoms with E-state index in [1.807, 2.05) is 12.1 Å². The molecule has 180 valence electrons. The summed E-state index contributed by atoms with van der Waals surface area (Å²) in [7, 11) is -3.55. The average molecular weight is 500 g/mol. The van der Waals surface area contributed by atoms with Crippen LogP contribution >= 0.6 is 11.3 Å². The molecular weight excluding hydrogens is 470 g/mol. The topological polar surface area (TPSA) is 79.8 Å². The van der Waals surface area contributed by atoms with Gasteiger partial charge in [-0.15, -0.1) is 0 Å². The molecule has 2 aliphatic heterocycles. The molecule has 0 atom stereocenters. The molecule has 0 aliphatic carbocycles. The van der Waals surface area contributed by atoms with Crippen LogP contribution in [-0.4, -0.2) is 49.9 Å². The van der Waals surface area contributed by atoms with E-state index in [2.05, 4.69) is 11.8 Å². The summed E-state index contributed by atoms with van der Waals surface area (Å²) >= 11 is 1.61. The third-order valence-electron chi connectivity index (χ3n) is 6.66. The summed E-state index contributed by atoms with van der Waals surface area (Å²) in [5, 5.41) is 1.01. The van der Waals surface area contributed by atoms with E-state index in [4.69, 9.17) is 9.72 Å². The number of thiazole rings is 1. The number of fused-ring (bicyclic) bond motifs is 1. The number of sulfonamides is 1. The minimum atomic E-state index is -3.55. The Kier molecular flexibility index (Phi) is 6.59. The Bertz CT molecular complexity index is 1270. The van der Waals surface area contributed by atoms with Gasteiger partial charge in [-0.3, -0.25) is 0 Å². The first-order chi connectivity index (χ1) is 16.4. The summed E-state index contributed by atoms with van der Waals surface area (Å²) in [6.45, 7) is 5.28. The molecule has 2 aromatic carbocycles. The Morgan fingerprint density at radius 1 is 1.00 bits per heavy atom. The van der Waals surface area contributed by atoms with Crippen LogP contribution in [-0.2, 0) is 10.0 Å². The van der Waals surface area contributed by atoms with E-state index in [0.717, 1.165) is 41.3 Å². The molecule has 0 radical (unpaired) electrons. The molecule has 3 heterocycles. The molecule has 0 saturated carbocycles. The number of piperidine rings is 2. The monoisotopic (exact) mass is 499 g/mol. The van der Waals surface area contributed by atoms with Crippen LogP contribution in [0.15, 0.2) is 47.4 Å². The van der Waals surface area contributed by atoms with Crippen molar-refractivity contribution in [3.8, 4) is 5.75 Å². The second-order valence-electron chi connectivity index (χ2n) is 9.17. The Morgan fingerprint density at radius 2 is 1.71 bits per heavy atom. The van der Waals surface area contributed by atoms with Gasteiger partial charge in [-0.05, 0) is 74.4 Å². The van der Waals surface area contributed by atoms with E-state index in [-0.39, 0.29) is 4.90 Å². The van der Waals surface area contributed by atoms with E-state index in [1.165, 1.54) is 47.8 Å². The van der Waals surface area contributed by atoms with Crippen molar-refractivity contribution >= 4 is 42.7 Å². The molecule has 0 spiro atoms. The summed E-state index contributed by atoms with van der Waals surface area (Å²) in [5.41, 5.74) is 1.21. The van der Waals surface area contributed by atoms with Gasteiger partial charge < -0.3 is 9.64 Å².